The van der Waals surface area contributed by atoms with Gasteiger partial charge in [-0.3, -0.25) is 20.1 Å². The van der Waals surface area contributed by atoms with E-state index >= 15 is 4.39 Å². The topological polar surface area (TPSA) is 108 Å². The standard InChI is InChI=1S/C30H27FN8/c31-23-13-20(21-11-19(16-33-17-21)15-32-14-18-5-1-2-6-18)12-22-26(23)38-39-27(22)30-36-25-8-10-35-28(29(25)37-30)24-7-3-4-9-34-24/h3-4,7-13,16-18,32H,1-2,5-6,14-15H2,(H,36,37)(H,38,39). The lowest BCUT2D eigenvalue weighted by Crippen LogP contribution is -2.20. The fourth-order valence-corrected chi connectivity index (χ4v) is 5.54. The van der Waals surface area contributed by atoms with Gasteiger partial charge >= 0.3 is 0 Å². The third-order valence-corrected chi connectivity index (χ3v) is 7.52. The number of hydrogen-bond acceptors (Lipinski definition) is 6. The number of hydrogen-bond donors (Lipinski definition) is 3. The van der Waals surface area contributed by atoms with Gasteiger partial charge in [0.2, 0.25) is 0 Å². The summed E-state index contributed by atoms with van der Waals surface area (Å²) in [6.07, 6.45) is 12.4. The molecule has 39 heavy (non-hydrogen) atoms. The maximum atomic E-state index is 15.3. The molecule has 1 saturated carbocycles. The number of nitrogens with one attached hydrogen (secondary N) is 3. The van der Waals surface area contributed by atoms with Crippen molar-refractivity contribution in [1.82, 2.24) is 40.4 Å². The van der Waals surface area contributed by atoms with Crippen LogP contribution in [0.2, 0.25) is 0 Å². The van der Waals surface area contributed by atoms with Gasteiger partial charge in [-0.2, -0.15) is 5.10 Å². The Kier molecular flexibility index (Phi) is 6.05. The van der Waals surface area contributed by atoms with Crippen LogP contribution in [0, 0.1) is 11.7 Å². The normalized spacial score (nSPS) is 14.1. The first kappa shape index (κ1) is 23.6. The highest BCUT2D eigenvalue weighted by Gasteiger charge is 2.19. The second-order valence-electron chi connectivity index (χ2n) is 10.2. The van der Waals surface area contributed by atoms with Crippen molar-refractivity contribution >= 4 is 21.9 Å². The first-order chi connectivity index (χ1) is 19.2. The molecule has 5 heterocycles. The molecule has 7 rings (SSSR count). The minimum absolute atomic E-state index is 0.264. The van der Waals surface area contributed by atoms with E-state index in [2.05, 4.69) is 41.5 Å². The van der Waals surface area contributed by atoms with E-state index < -0.39 is 5.82 Å². The average Bonchev–Trinajstić information content (AvgIpc) is 3.73. The number of nitrogens with zero attached hydrogens (tertiary/aromatic N) is 5. The highest BCUT2D eigenvalue weighted by atomic mass is 19.1. The van der Waals surface area contributed by atoms with Gasteiger partial charge in [0.05, 0.1) is 11.2 Å². The molecule has 0 radical (unpaired) electrons. The third kappa shape index (κ3) is 4.55. The number of pyridine rings is 3. The zero-order chi connectivity index (χ0) is 26.2. The lowest BCUT2D eigenvalue weighted by Gasteiger charge is -2.11. The van der Waals surface area contributed by atoms with E-state index in [-0.39, 0.29) is 5.52 Å². The molecule has 0 unspecified atom stereocenters. The zero-order valence-electron chi connectivity index (χ0n) is 21.3. The Bertz CT molecular complexity index is 1770. The monoisotopic (exact) mass is 518 g/mol. The Morgan fingerprint density at radius 1 is 0.949 bits per heavy atom. The fourth-order valence-electron chi connectivity index (χ4n) is 5.54. The summed E-state index contributed by atoms with van der Waals surface area (Å²) in [5.74, 6) is 0.921. The van der Waals surface area contributed by atoms with Crippen molar-refractivity contribution < 1.29 is 4.39 Å². The Morgan fingerprint density at radius 3 is 2.74 bits per heavy atom. The second kappa shape index (κ2) is 9.99. The van der Waals surface area contributed by atoms with E-state index in [4.69, 9.17) is 4.98 Å². The van der Waals surface area contributed by atoms with E-state index in [1.54, 1.807) is 18.6 Å². The van der Waals surface area contributed by atoms with Crippen molar-refractivity contribution in [3.05, 3.63) is 78.6 Å². The molecule has 6 aromatic rings. The molecular weight excluding hydrogens is 491 g/mol. The molecular formula is C30H27FN8. The van der Waals surface area contributed by atoms with Gasteiger partial charge in [0.25, 0.3) is 0 Å². The minimum Gasteiger partial charge on any atom is -0.337 e. The Balaban J connectivity index is 1.23. The Morgan fingerprint density at radius 2 is 1.87 bits per heavy atom. The van der Waals surface area contributed by atoms with Crippen LogP contribution in [0.15, 0.2) is 67.3 Å². The second-order valence-corrected chi connectivity index (χ2v) is 10.2. The molecule has 1 fully saturated rings. The molecule has 5 aromatic heterocycles. The maximum absolute atomic E-state index is 15.3. The fraction of sp³-hybridized carbons (Fsp3) is 0.233. The number of aromatic nitrogens is 7. The van der Waals surface area contributed by atoms with Crippen molar-refractivity contribution in [3.63, 3.8) is 0 Å². The number of benzene rings is 1. The highest BCUT2D eigenvalue weighted by molar-refractivity contribution is 5.97. The molecule has 0 amide bonds. The molecule has 0 atom stereocenters. The number of fused-ring (bicyclic) bond motifs is 2. The van der Waals surface area contributed by atoms with Gasteiger partial charge in [0.1, 0.15) is 22.4 Å². The molecule has 1 aromatic carbocycles. The van der Waals surface area contributed by atoms with Crippen molar-refractivity contribution in [3.8, 4) is 34.0 Å². The predicted molar refractivity (Wildman–Crippen MR) is 149 cm³/mol. The van der Waals surface area contributed by atoms with E-state index in [9.17, 15) is 0 Å². The lowest BCUT2D eigenvalue weighted by atomic mass is 10.0. The van der Waals surface area contributed by atoms with Crippen LogP contribution in [0.4, 0.5) is 4.39 Å². The molecule has 3 N–H and O–H groups in total. The average molecular weight is 519 g/mol. The zero-order valence-corrected chi connectivity index (χ0v) is 21.3. The van der Waals surface area contributed by atoms with Crippen molar-refractivity contribution in [1.29, 1.82) is 0 Å². The maximum Gasteiger partial charge on any atom is 0.157 e. The van der Waals surface area contributed by atoms with Crippen LogP contribution in [0.1, 0.15) is 31.2 Å². The molecule has 194 valence electrons. The summed E-state index contributed by atoms with van der Waals surface area (Å²) in [4.78, 5) is 21.5. The van der Waals surface area contributed by atoms with Crippen LogP contribution in [0.3, 0.4) is 0 Å². The summed E-state index contributed by atoms with van der Waals surface area (Å²) >= 11 is 0. The summed E-state index contributed by atoms with van der Waals surface area (Å²) in [5, 5.41) is 11.5. The molecule has 1 aliphatic rings. The van der Waals surface area contributed by atoms with Crippen LogP contribution in [0.25, 0.3) is 56.0 Å². The van der Waals surface area contributed by atoms with Gasteiger partial charge in [0, 0.05) is 42.3 Å². The van der Waals surface area contributed by atoms with Crippen LogP contribution in [-0.4, -0.2) is 41.7 Å². The summed E-state index contributed by atoms with van der Waals surface area (Å²) < 4.78 is 15.3. The number of H-pyrrole nitrogens is 2. The van der Waals surface area contributed by atoms with Crippen molar-refractivity contribution in [2.45, 2.75) is 32.2 Å². The van der Waals surface area contributed by atoms with E-state index in [1.807, 2.05) is 36.5 Å². The van der Waals surface area contributed by atoms with Gasteiger partial charge in [0.15, 0.2) is 11.6 Å². The van der Waals surface area contributed by atoms with E-state index in [0.29, 0.717) is 28.1 Å². The summed E-state index contributed by atoms with van der Waals surface area (Å²) in [5.41, 5.74) is 6.44. The number of imidazole rings is 1. The van der Waals surface area contributed by atoms with Crippen LogP contribution < -0.4 is 5.32 Å². The quantitative estimate of drug-likeness (QED) is 0.238. The number of halogens is 1. The van der Waals surface area contributed by atoms with Crippen LogP contribution in [-0.2, 0) is 6.54 Å². The van der Waals surface area contributed by atoms with Crippen LogP contribution >= 0.6 is 0 Å². The molecule has 0 bridgehead atoms. The van der Waals surface area contributed by atoms with Gasteiger partial charge in [-0.25, -0.2) is 9.37 Å². The smallest absolute Gasteiger partial charge is 0.157 e. The Hall–Kier alpha value is -4.50. The largest absolute Gasteiger partial charge is 0.337 e. The van der Waals surface area contributed by atoms with Crippen molar-refractivity contribution in [2.24, 2.45) is 5.92 Å². The minimum atomic E-state index is -0.401. The molecule has 0 spiro atoms. The van der Waals surface area contributed by atoms with E-state index in [0.717, 1.165) is 46.9 Å². The number of rotatable bonds is 7. The van der Waals surface area contributed by atoms with Crippen LogP contribution in [0.5, 0.6) is 0 Å². The van der Waals surface area contributed by atoms with Gasteiger partial charge in [-0.1, -0.05) is 18.9 Å². The molecule has 9 heteroatoms. The molecule has 0 aliphatic heterocycles. The van der Waals surface area contributed by atoms with Gasteiger partial charge < -0.3 is 10.3 Å². The molecule has 1 aliphatic carbocycles. The summed E-state index contributed by atoms with van der Waals surface area (Å²) in [7, 11) is 0. The van der Waals surface area contributed by atoms with Gasteiger partial charge in [-0.15, -0.1) is 0 Å². The summed E-state index contributed by atoms with van der Waals surface area (Å²) in [6.45, 7) is 1.77. The SMILES string of the molecule is Fc1cc(-c2cncc(CNCC3CCCC3)c2)cc2c(-c3nc4c(-c5ccccn5)nccc4[nH]3)[nH]nc12. The number of aromatic amines is 2. The predicted octanol–water partition coefficient (Wildman–Crippen LogP) is 6.04. The third-order valence-electron chi connectivity index (χ3n) is 7.52. The highest BCUT2D eigenvalue weighted by Crippen LogP contribution is 2.33. The van der Waals surface area contributed by atoms with E-state index in [1.165, 1.54) is 31.7 Å². The molecule has 8 nitrogen and oxygen atoms in total. The Labute approximate surface area is 224 Å². The lowest BCUT2D eigenvalue weighted by molar-refractivity contribution is 0.489. The van der Waals surface area contributed by atoms with Crippen molar-refractivity contribution in [2.75, 3.05) is 6.54 Å². The first-order valence-electron chi connectivity index (χ1n) is 13.3. The summed E-state index contributed by atoms with van der Waals surface area (Å²) in [6, 6.07) is 13.1. The van der Waals surface area contributed by atoms with Gasteiger partial charge in [-0.05, 0) is 72.8 Å². The first-order valence-corrected chi connectivity index (χ1v) is 13.3. The molecule has 0 saturated heterocycles.